The fourth-order valence-electron chi connectivity index (χ4n) is 2.24. The van der Waals surface area contributed by atoms with Gasteiger partial charge in [0.2, 0.25) is 0 Å². The number of esters is 3. The molecule has 0 aromatic carbocycles. The van der Waals surface area contributed by atoms with E-state index in [1.807, 2.05) is 13.8 Å². The molecule has 0 rings (SSSR count). The maximum absolute atomic E-state index is 12.2. The number of hydrogen-bond donors (Lipinski definition) is 0. The van der Waals surface area contributed by atoms with Crippen LogP contribution in [-0.2, 0) is 28.6 Å². The van der Waals surface area contributed by atoms with E-state index in [4.69, 9.17) is 9.47 Å². The first kappa shape index (κ1) is 22.9. The molecule has 25 heavy (non-hydrogen) atoms. The third-order valence-corrected chi connectivity index (χ3v) is 3.69. The first-order valence-corrected chi connectivity index (χ1v) is 8.34. The fraction of sp³-hybridized carbons (Fsp3) is 0.632. The van der Waals surface area contributed by atoms with Crippen LogP contribution in [0.15, 0.2) is 24.8 Å². The first-order chi connectivity index (χ1) is 11.5. The van der Waals surface area contributed by atoms with Crippen molar-refractivity contribution >= 4 is 17.9 Å². The molecule has 0 spiro atoms. The Kier molecular flexibility index (Phi) is 9.79. The Morgan fingerprint density at radius 2 is 1.44 bits per heavy atom. The SMILES string of the molecule is C=CCOC(=O)/C=C/C(=O)OCCOC(=O)C(C)(C)CC(C)(C)CC. The molecule has 0 fully saturated rings. The molecular formula is C19H30O6. The smallest absolute Gasteiger partial charge is 0.331 e. The van der Waals surface area contributed by atoms with Crippen LogP contribution in [0.5, 0.6) is 0 Å². The zero-order valence-corrected chi connectivity index (χ0v) is 15.9. The molecule has 0 heterocycles. The second-order valence-corrected chi connectivity index (χ2v) is 7.13. The van der Waals surface area contributed by atoms with Crippen LogP contribution in [0, 0.1) is 10.8 Å². The molecule has 6 nitrogen and oxygen atoms in total. The lowest BCUT2D eigenvalue weighted by atomic mass is 9.74. The number of rotatable bonds is 11. The number of ether oxygens (including phenoxy) is 3. The monoisotopic (exact) mass is 354 g/mol. The summed E-state index contributed by atoms with van der Waals surface area (Å²) >= 11 is 0. The van der Waals surface area contributed by atoms with E-state index in [9.17, 15) is 14.4 Å². The Balaban J connectivity index is 4.16. The van der Waals surface area contributed by atoms with E-state index < -0.39 is 17.4 Å². The van der Waals surface area contributed by atoms with E-state index in [1.54, 1.807) is 0 Å². The highest BCUT2D eigenvalue weighted by Gasteiger charge is 2.35. The largest absolute Gasteiger partial charge is 0.462 e. The first-order valence-electron chi connectivity index (χ1n) is 8.34. The normalized spacial score (nSPS) is 11.9. The number of carbonyl (C=O) groups is 3. The minimum Gasteiger partial charge on any atom is -0.462 e. The van der Waals surface area contributed by atoms with Crippen molar-refractivity contribution in [1.29, 1.82) is 0 Å². The molecule has 0 radical (unpaired) electrons. The van der Waals surface area contributed by atoms with Crippen LogP contribution in [0.3, 0.4) is 0 Å². The van der Waals surface area contributed by atoms with Gasteiger partial charge in [-0.25, -0.2) is 9.59 Å². The molecule has 0 aliphatic heterocycles. The third-order valence-electron chi connectivity index (χ3n) is 3.69. The minimum absolute atomic E-state index is 0.0324. The van der Waals surface area contributed by atoms with Crippen LogP contribution < -0.4 is 0 Å². The molecule has 0 aliphatic rings. The van der Waals surface area contributed by atoms with Crippen molar-refractivity contribution in [2.45, 2.75) is 47.5 Å². The third kappa shape index (κ3) is 10.4. The predicted molar refractivity (Wildman–Crippen MR) is 94.7 cm³/mol. The van der Waals surface area contributed by atoms with Gasteiger partial charge in [-0.2, -0.15) is 0 Å². The Labute approximate surface area is 150 Å². The minimum atomic E-state index is -0.710. The summed E-state index contributed by atoms with van der Waals surface area (Å²) in [6, 6.07) is 0. The Morgan fingerprint density at radius 1 is 0.920 bits per heavy atom. The van der Waals surface area contributed by atoms with E-state index >= 15 is 0 Å². The van der Waals surface area contributed by atoms with Crippen molar-refractivity contribution in [3.05, 3.63) is 24.8 Å². The van der Waals surface area contributed by atoms with Crippen LogP contribution in [0.1, 0.15) is 47.5 Å². The van der Waals surface area contributed by atoms with E-state index in [-0.39, 0.29) is 31.2 Å². The average molecular weight is 354 g/mol. The highest BCUT2D eigenvalue weighted by Crippen LogP contribution is 2.36. The molecule has 0 saturated heterocycles. The maximum atomic E-state index is 12.2. The van der Waals surface area contributed by atoms with E-state index in [0.717, 1.165) is 18.6 Å². The molecule has 0 saturated carbocycles. The summed E-state index contributed by atoms with van der Waals surface area (Å²) in [6.45, 7) is 13.3. The fourth-order valence-corrected chi connectivity index (χ4v) is 2.24. The Hall–Kier alpha value is -2.11. The van der Waals surface area contributed by atoms with Gasteiger partial charge in [0, 0.05) is 12.2 Å². The lowest BCUT2D eigenvalue weighted by Gasteiger charge is -2.32. The van der Waals surface area contributed by atoms with Crippen LogP contribution >= 0.6 is 0 Å². The summed E-state index contributed by atoms with van der Waals surface area (Å²) in [5.74, 6) is -1.70. The van der Waals surface area contributed by atoms with Crippen molar-refractivity contribution in [1.82, 2.24) is 0 Å². The molecule has 0 amide bonds. The van der Waals surface area contributed by atoms with Gasteiger partial charge in [0.05, 0.1) is 5.41 Å². The predicted octanol–water partition coefficient (Wildman–Crippen LogP) is 3.21. The average Bonchev–Trinajstić information content (AvgIpc) is 2.53. The van der Waals surface area contributed by atoms with E-state index in [0.29, 0.717) is 6.42 Å². The zero-order chi connectivity index (χ0) is 19.5. The van der Waals surface area contributed by atoms with Crippen LogP contribution in [0.2, 0.25) is 0 Å². The Bertz CT molecular complexity index is 502. The molecule has 0 aliphatic carbocycles. The summed E-state index contributed by atoms with van der Waals surface area (Å²) < 4.78 is 14.7. The highest BCUT2D eigenvalue weighted by molar-refractivity contribution is 5.91. The number of hydrogen-bond acceptors (Lipinski definition) is 6. The lowest BCUT2D eigenvalue weighted by molar-refractivity contribution is -0.159. The second kappa shape index (κ2) is 10.7. The van der Waals surface area contributed by atoms with E-state index in [1.165, 1.54) is 6.08 Å². The van der Waals surface area contributed by atoms with Gasteiger partial charge in [-0.05, 0) is 25.7 Å². The summed E-state index contributed by atoms with van der Waals surface area (Å²) in [7, 11) is 0. The molecule has 0 bridgehead atoms. The van der Waals surface area contributed by atoms with Crippen molar-refractivity contribution < 1.29 is 28.6 Å². The zero-order valence-electron chi connectivity index (χ0n) is 15.9. The molecule has 142 valence electrons. The lowest BCUT2D eigenvalue weighted by Crippen LogP contribution is -2.32. The molecule has 0 aromatic heterocycles. The van der Waals surface area contributed by atoms with Gasteiger partial charge in [-0.3, -0.25) is 4.79 Å². The van der Waals surface area contributed by atoms with Gasteiger partial charge >= 0.3 is 17.9 Å². The standard InChI is InChI=1S/C19H30O6/c1-7-11-23-15(20)9-10-16(21)24-12-13-25-17(22)19(5,6)14-18(3,4)8-2/h7,9-10H,1,8,11-14H2,2-6H3/b10-9+. The van der Waals surface area contributed by atoms with Gasteiger partial charge in [0.1, 0.15) is 19.8 Å². The molecule has 0 aromatic rings. The van der Waals surface area contributed by atoms with Crippen LogP contribution in [-0.4, -0.2) is 37.7 Å². The quantitative estimate of drug-likeness (QED) is 0.186. The molecule has 0 unspecified atom stereocenters. The second-order valence-electron chi connectivity index (χ2n) is 7.13. The molecule has 0 N–H and O–H groups in total. The molecule has 6 heteroatoms. The van der Waals surface area contributed by atoms with Crippen LogP contribution in [0.4, 0.5) is 0 Å². The van der Waals surface area contributed by atoms with E-state index in [2.05, 4.69) is 32.1 Å². The summed E-state index contributed by atoms with van der Waals surface area (Å²) in [5, 5.41) is 0. The molecular weight excluding hydrogens is 324 g/mol. The van der Waals surface area contributed by atoms with Gasteiger partial charge < -0.3 is 14.2 Å². The summed E-state index contributed by atoms with van der Waals surface area (Å²) in [4.78, 5) is 34.7. The van der Waals surface area contributed by atoms with Gasteiger partial charge in [-0.15, -0.1) is 0 Å². The van der Waals surface area contributed by atoms with Crippen molar-refractivity contribution in [2.75, 3.05) is 19.8 Å². The summed E-state index contributed by atoms with van der Waals surface area (Å²) in [6.07, 6.45) is 5.00. The van der Waals surface area contributed by atoms with Gasteiger partial charge in [0.25, 0.3) is 0 Å². The maximum Gasteiger partial charge on any atom is 0.331 e. The molecule has 0 atom stereocenters. The van der Waals surface area contributed by atoms with Crippen molar-refractivity contribution in [3.8, 4) is 0 Å². The highest BCUT2D eigenvalue weighted by atomic mass is 16.6. The van der Waals surface area contributed by atoms with Gasteiger partial charge in [0.15, 0.2) is 0 Å². The Morgan fingerprint density at radius 3 is 1.96 bits per heavy atom. The number of carbonyl (C=O) groups excluding carboxylic acids is 3. The van der Waals surface area contributed by atoms with Gasteiger partial charge in [-0.1, -0.05) is 39.8 Å². The van der Waals surface area contributed by atoms with Crippen molar-refractivity contribution in [2.24, 2.45) is 10.8 Å². The van der Waals surface area contributed by atoms with Crippen LogP contribution in [0.25, 0.3) is 0 Å². The topological polar surface area (TPSA) is 78.9 Å². The van der Waals surface area contributed by atoms with Crippen molar-refractivity contribution in [3.63, 3.8) is 0 Å². The summed E-state index contributed by atoms with van der Waals surface area (Å²) in [5.41, 5.74) is -0.571.